The van der Waals surface area contributed by atoms with Crippen molar-refractivity contribution in [3.05, 3.63) is 11.9 Å². The second kappa shape index (κ2) is 4.79. The molecule has 0 amide bonds. The highest BCUT2D eigenvalue weighted by molar-refractivity contribution is 5.60. The summed E-state index contributed by atoms with van der Waals surface area (Å²) >= 11 is 0. The Morgan fingerprint density at radius 1 is 1.57 bits per heavy atom. The first kappa shape index (κ1) is 14.0. The molecule has 114 valence electrons. The summed E-state index contributed by atoms with van der Waals surface area (Å²) in [5.74, 6) is 0.213. The predicted octanol–water partition coefficient (Wildman–Crippen LogP) is -0.484. The number of nitrogen functional groups attached to an aromatic ring is 2. The average molecular weight is 294 g/mol. The van der Waals surface area contributed by atoms with Gasteiger partial charge in [-0.3, -0.25) is 0 Å². The normalized spacial score (nSPS) is 29.3. The van der Waals surface area contributed by atoms with E-state index in [1.54, 1.807) is 20.2 Å². The van der Waals surface area contributed by atoms with Crippen LogP contribution in [0.2, 0.25) is 0 Å². The van der Waals surface area contributed by atoms with Crippen LogP contribution in [0, 0.1) is 0 Å². The van der Waals surface area contributed by atoms with E-state index < -0.39 is 11.7 Å². The molecular formula is C12H18N6O3. The molecule has 0 bridgehead atoms. The number of hydrogen-bond acceptors (Lipinski definition) is 8. The summed E-state index contributed by atoms with van der Waals surface area (Å²) in [6, 6.07) is 0. The van der Waals surface area contributed by atoms with E-state index in [9.17, 15) is 5.11 Å². The maximum atomic E-state index is 10.6. The third-order valence-corrected chi connectivity index (χ3v) is 3.59. The number of fused-ring (bicyclic) bond motifs is 1. The molecule has 2 aromatic heterocycles. The fraction of sp³-hybridized carbons (Fsp3) is 0.583. The molecule has 0 radical (unpaired) electrons. The molecule has 21 heavy (non-hydrogen) atoms. The van der Waals surface area contributed by atoms with Crippen LogP contribution < -0.4 is 11.5 Å². The minimum Gasteiger partial charge on any atom is -0.387 e. The number of rotatable bonds is 3. The lowest BCUT2D eigenvalue weighted by Crippen LogP contribution is -2.29. The molecule has 1 saturated heterocycles. The summed E-state index contributed by atoms with van der Waals surface area (Å²) in [5, 5.41) is 14.7. The SMILES string of the molecule is COC[C@@H]1C[C@@](C)(O)[C@H](c2cnc3c(N)nc(N)nn23)O1. The number of imidazole rings is 1. The molecule has 9 heteroatoms. The highest BCUT2D eigenvalue weighted by Crippen LogP contribution is 2.41. The van der Waals surface area contributed by atoms with Crippen LogP contribution in [0.25, 0.3) is 5.65 Å². The molecule has 1 aliphatic heterocycles. The Kier molecular flexibility index (Phi) is 3.19. The van der Waals surface area contributed by atoms with E-state index >= 15 is 0 Å². The van der Waals surface area contributed by atoms with Crippen LogP contribution >= 0.6 is 0 Å². The zero-order chi connectivity index (χ0) is 15.2. The predicted molar refractivity (Wildman–Crippen MR) is 74.3 cm³/mol. The van der Waals surface area contributed by atoms with Crippen molar-refractivity contribution in [1.29, 1.82) is 0 Å². The van der Waals surface area contributed by atoms with E-state index in [2.05, 4.69) is 15.1 Å². The topological polar surface area (TPSA) is 134 Å². The molecule has 0 saturated carbocycles. The molecule has 0 aromatic carbocycles. The van der Waals surface area contributed by atoms with Gasteiger partial charge in [0, 0.05) is 13.5 Å². The summed E-state index contributed by atoms with van der Waals surface area (Å²) in [7, 11) is 1.59. The highest BCUT2D eigenvalue weighted by atomic mass is 16.6. The number of aromatic nitrogens is 4. The largest absolute Gasteiger partial charge is 0.387 e. The standard InChI is InChI=1S/C12H18N6O3/c1-12(19)3-6(5-20-2)21-8(12)7-4-15-10-9(13)16-11(14)17-18(7)10/h4,6,8,19H,3,5H2,1-2H3,(H4,13,14,16,17)/t6-,8-,12+/m0/s1. The fourth-order valence-corrected chi connectivity index (χ4v) is 2.74. The quantitative estimate of drug-likeness (QED) is 0.690. The Bertz CT molecular complexity index is 670. The van der Waals surface area contributed by atoms with Gasteiger partial charge in [-0.05, 0) is 6.92 Å². The van der Waals surface area contributed by atoms with E-state index in [1.807, 2.05) is 0 Å². The maximum absolute atomic E-state index is 10.6. The van der Waals surface area contributed by atoms with Crippen LogP contribution in [0.1, 0.15) is 25.1 Å². The lowest BCUT2D eigenvalue weighted by molar-refractivity contribution is -0.0530. The van der Waals surface area contributed by atoms with Crippen molar-refractivity contribution < 1.29 is 14.6 Å². The molecule has 0 spiro atoms. The molecule has 3 atom stereocenters. The number of ether oxygens (including phenoxy) is 2. The Morgan fingerprint density at radius 2 is 2.33 bits per heavy atom. The average Bonchev–Trinajstić information content (AvgIpc) is 2.90. The van der Waals surface area contributed by atoms with Crippen molar-refractivity contribution in [2.24, 2.45) is 0 Å². The highest BCUT2D eigenvalue weighted by Gasteiger charge is 2.46. The van der Waals surface area contributed by atoms with E-state index in [1.165, 1.54) is 4.52 Å². The van der Waals surface area contributed by atoms with Crippen LogP contribution in [0.4, 0.5) is 11.8 Å². The Hall–Kier alpha value is -1.97. The third kappa shape index (κ3) is 2.28. The van der Waals surface area contributed by atoms with E-state index in [4.69, 9.17) is 20.9 Å². The van der Waals surface area contributed by atoms with Gasteiger partial charge in [-0.2, -0.15) is 4.98 Å². The van der Waals surface area contributed by atoms with E-state index in [-0.39, 0.29) is 17.9 Å². The van der Waals surface area contributed by atoms with Crippen molar-refractivity contribution in [2.45, 2.75) is 31.2 Å². The Balaban J connectivity index is 2.04. The molecule has 2 aromatic rings. The minimum atomic E-state index is -1.06. The zero-order valence-corrected chi connectivity index (χ0v) is 11.9. The van der Waals surface area contributed by atoms with Gasteiger partial charge in [0.15, 0.2) is 11.5 Å². The molecule has 0 unspecified atom stereocenters. The van der Waals surface area contributed by atoms with Gasteiger partial charge in [0.25, 0.3) is 0 Å². The van der Waals surface area contributed by atoms with Crippen molar-refractivity contribution >= 4 is 17.4 Å². The van der Waals surface area contributed by atoms with Crippen LogP contribution in [0.3, 0.4) is 0 Å². The molecule has 1 aliphatic rings. The Morgan fingerprint density at radius 3 is 3.05 bits per heavy atom. The first-order chi connectivity index (χ1) is 9.92. The van der Waals surface area contributed by atoms with Gasteiger partial charge in [-0.15, -0.1) is 5.10 Å². The molecular weight excluding hydrogens is 276 g/mol. The minimum absolute atomic E-state index is 0.0327. The van der Waals surface area contributed by atoms with Gasteiger partial charge in [0.2, 0.25) is 5.95 Å². The van der Waals surface area contributed by atoms with E-state index in [0.29, 0.717) is 24.4 Å². The fourth-order valence-electron chi connectivity index (χ4n) is 2.74. The number of methoxy groups -OCH3 is 1. The molecule has 3 rings (SSSR count). The second-order valence-corrected chi connectivity index (χ2v) is 5.43. The molecule has 0 aliphatic carbocycles. The molecule has 3 heterocycles. The van der Waals surface area contributed by atoms with Gasteiger partial charge in [-0.25, -0.2) is 9.50 Å². The monoisotopic (exact) mass is 294 g/mol. The summed E-state index contributed by atoms with van der Waals surface area (Å²) in [6.45, 7) is 2.11. The smallest absolute Gasteiger partial charge is 0.240 e. The van der Waals surface area contributed by atoms with Gasteiger partial charge < -0.3 is 26.0 Å². The van der Waals surface area contributed by atoms with Crippen molar-refractivity contribution in [3.8, 4) is 0 Å². The number of nitrogens with two attached hydrogens (primary N) is 2. The summed E-state index contributed by atoms with van der Waals surface area (Å²) in [5.41, 5.74) is 11.3. The summed E-state index contributed by atoms with van der Waals surface area (Å²) < 4.78 is 12.4. The lowest BCUT2D eigenvalue weighted by Gasteiger charge is -2.22. The number of hydrogen-bond donors (Lipinski definition) is 3. The van der Waals surface area contributed by atoms with Gasteiger partial charge in [0.1, 0.15) is 6.10 Å². The number of anilines is 2. The maximum Gasteiger partial charge on any atom is 0.240 e. The molecule has 9 nitrogen and oxygen atoms in total. The lowest BCUT2D eigenvalue weighted by atomic mass is 9.94. The Labute approximate surface area is 120 Å². The second-order valence-electron chi connectivity index (χ2n) is 5.43. The van der Waals surface area contributed by atoms with Crippen molar-refractivity contribution in [2.75, 3.05) is 25.2 Å². The van der Waals surface area contributed by atoms with Gasteiger partial charge in [-0.1, -0.05) is 0 Å². The van der Waals surface area contributed by atoms with Crippen molar-refractivity contribution in [1.82, 2.24) is 19.6 Å². The third-order valence-electron chi connectivity index (χ3n) is 3.59. The van der Waals surface area contributed by atoms with Crippen LogP contribution in [-0.2, 0) is 9.47 Å². The first-order valence-electron chi connectivity index (χ1n) is 6.56. The zero-order valence-electron chi connectivity index (χ0n) is 11.9. The van der Waals surface area contributed by atoms with E-state index in [0.717, 1.165) is 0 Å². The summed E-state index contributed by atoms with van der Waals surface area (Å²) in [4.78, 5) is 8.04. The van der Waals surface area contributed by atoms with Crippen LogP contribution in [0.15, 0.2) is 6.20 Å². The first-order valence-corrected chi connectivity index (χ1v) is 6.56. The molecule has 1 fully saturated rings. The van der Waals surface area contributed by atoms with Crippen LogP contribution in [0.5, 0.6) is 0 Å². The van der Waals surface area contributed by atoms with Gasteiger partial charge >= 0.3 is 0 Å². The molecule has 5 N–H and O–H groups in total. The van der Waals surface area contributed by atoms with Crippen molar-refractivity contribution in [3.63, 3.8) is 0 Å². The van der Waals surface area contributed by atoms with Gasteiger partial charge in [0.05, 0.1) is 30.2 Å². The van der Waals surface area contributed by atoms with Crippen LogP contribution in [-0.4, -0.2) is 50.1 Å². The summed E-state index contributed by atoms with van der Waals surface area (Å²) in [6.07, 6.45) is 1.22. The number of aliphatic hydroxyl groups is 1. The number of nitrogens with zero attached hydrogens (tertiary/aromatic N) is 4.